The monoisotopic (exact) mass is 175 g/mol. The zero-order valence-corrected chi connectivity index (χ0v) is 7.76. The average Bonchev–Trinajstić information content (AvgIpc) is 2.09. The van der Waals surface area contributed by atoms with Crippen molar-refractivity contribution in [3.05, 3.63) is 0 Å². The summed E-state index contributed by atoms with van der Waals surface area (Å²) in [6, 6.07) is 0. The third kappa shape index (κ3) is 7.50. The Morgan fingerprint density at radius 1 is 1.33 bits per heavy atom. The van der Waals surface area contributed by atoms with Crippen LogP contribution in [0.5, 0.6) is 0 Å². The van der Waals surface area contributed by atoms with Crippen LogP contribution in [0.3, 0.4) is 0 Å². The summed E-state index contributed by atoms with van der Waals surface area (Å²) in [5.74, 6) is -0.225. The van der Waals surface area contributed by atoms with Gasteiger partial charge in [0.05, 0.1) is 13.2 Å². The molecular formula is C8H17NO3. The molecule has 0 aromatic carbocycles. The summed E-state index contributed by atoms with van der Waals surface area (Å²) in [7, 11) is 0. The Morgan fingerprint density at radius 2 is 2.08 bits per heavy atom. The van der Waals surface area contributed by atoms with E-state index in [2.05, 4.69) is 5.32 Å². The third-order valence-electron chi connectivity index (χ3n) is 1.21. The molecule has 0 aromatic rings. The first kappa shape index (κ1) is 11.4. The maximum atomic E-state index is 10.8. The Kier molecular flexibility index (Phi) is 8.05. The lowest BCUT2D eigenvalue weighted by Crippen LogP contribution is -2.25. The highest BCUT2D eigenvalue weighted by Gasteiger charge is 1.99. The number of rotatable bonds is 7. The van der Waals surface area contributed by atoms with Gasteiger partial charge >= 0.3 is 5.97 Å². The van der Waals surface area contributed by atoms with E-state index >= 15 is 0 Å². The van der Waals surface area contributed by atoms with E-state index < -0.39 is 0 Å². The van der Waals surface area contributed by atoms with Crippen LogP contribution in [-0.2, 0) is 14.3 Å². The van der Waals surface area contributed by atoms with Gasteiger partial charge in [-0.2, -0.15) is 0 Å². The lowest BCUT2D eigenvalue weighted by Gasteiger charge is -2.04. The van der Waals surface area contributed by atoms with Crippen LogP contribution in [0.15, 0.2) is 0 Å². The largest absolute Gasteiger partial charge is 0.462 e. The first-order valence-corrected chi connectivity index (χ1v) is 4.25. The number of nitrogens with one attached hydrogen (secondary N) is 1. The molecule has 4 nitrogen and oxygen atoms in total. The van der Waals surface area contributed by atoms with Gasteiger partial charge in [-0.3, -0.25) is 4.79 Å². The molecule has 0 saturated heterocycles. The Bertz CT molecular complexity index is 117. The van der Waals surface area contributed by atoms with Gasteiger partial charge in [0, 0.05) is 6.61 Å². The summed E-state index contributed by atoms with van der Waals surface area (Å²) in [6.45, 7) is 6.38. The van der Waals surface area contributed by atoms with Crippen molar-refractivity contribution in [3.8, 4) is 0 Å². The van der Waals surface area contributed by atoms with E-state index in [0.717, 1.165) is 6.54 Å². The van der Waals surface area contributed by atoms with Gasteiger partial charge in [-0.15, -0.1) is 0 Å². The van der Waals surface area contributed by atoms with Crippen molar-refractivity contribution in [2.75, 3.05) is 32.9 Å². The van der Waals surface area contributed by atoms with Crippen molar-refractivity contribution >= 4 is 5.97 Å². The van der Waals surface area contributed by atoms with E-state index in [1.54, 1.807) is 0 Å². The molecule has 0 unspecified atom stereocenters. The van der Waals surface area contributed by atoms with E-state index in [4.69, 9.17) is 9.47 Å². The lowest BCUT2D eigenvalue weighted by atomic mass is 10.6. The van der Waals surface area contributed by atoms with Gasteiger partial charge < -0.3 is 14.8 Å². The SMILES string of the molecule is CCNCC(=O)OCCOCC. The van der Waals surface area contributed by atoms with Crippen molar-refractivity contribution in [2.24, 2.45) is 0 Å². The molecule has 0 heterocycles. The van der Waals surface area contributed by atoms with Gasteiger partial charge in [0.2, 0.25) is 0 Å². The molecule has 0 amide bonds. The van der Waals surface area contributed by atoms with Crippen molar-refractivity contribution in [1.82, 2.24) is 5.32 Å². The van der Waals surface area contributed by atoms with Crippen LogP contribution in [-0.4, -0.2) is 38.9 Å². The fourth-order valence-corrected chi connectivity index (χ4v) is 0.637. The Balaban J connectivity index is 3.08. The van der Waals surface area contributed by atoms with Gasteiger partial charge in [-0.25, -0.2) is 0 Å². The molecule has 0 aliphatic carbocycles. The molecule has 4 heteroatoms. The van der Waals surface area contributed by atoms with Crippen LogP contribution in [0.25, 0.3) is 0 Å². The summed E-state index contributed by atoms with van der Waals surface area (Å²) < 4.78 is 9.81. The molecule has 0 bridgehead atoms. The summed E-state index contributed by atoms with van der Waals surface area (Å²) >= 11 is 0. The van der Waals surface area contributed by atoms with Crippen LogP contribution in [0.1, 0.15) is 13.8 Å². The van der Waals surface area contributed by atoms with Gasteiger partial charge in [0.1, 0.15) is 6.61 Å². The van der Waals surface area contributed by atoms with Crippen LogP contribution in [0, 0.1) is 0 Å². The first-order chi connectivity index (χ1) is 5.81. The second-order valence-electron chi connectivity index (χ2n) is 2.20. The van der Waals surface area contributed by atoms with E-state index in [0.29, 0.717) is 19.8 Å². The van der Waals surface area contributed by atoms with E-state index in [-0.39, 0.29) is 12.5 Å². The number of hydrogen-bond donors (Lipinski definition) is 1. The maximum absolute atomic E-state index is 10.8. The second-order valence-corrected chi connectivity index (χ2v) is 2.20. The minimum Gasteiger partial charge on any atom is -0.462 e. The van der Waals surface area contributed by atoms with Gasteiger partial charge in [0.25, 0.3) is 0 Å². The number of hydrogen-bond acceptors (Lipinski definition) is 4. The zero-order chi connectivity index (χ0) is 9.23. The number of likely N-dealkylation sites (N-methyl/N-ethyl adjacent to an activating group) is 1. The molecule has 0 atom stereocenters. The first-order valence-electron chi connectivity index (χ1n) is 4.25. The maximum Gasteiger partial charge on any atom is 0.319 e. The second kappa shape index (κ2) is 8.49. The number of ether oxygens (including phenoxy) is 2. The summed E-state index contributed by atoms with van der Waals surface area (Å²) in [5.41, 5.74) is 0. The van der Waals surface area contributed by atoms with Crippen molar-refractivity contribution in [2.45, 2.75) is 13.8 Å². The van der Waals surface area contributed by atoms with Crippen molar-refractivity contribution in [1.29, 1.82) is 0 Å². The van der Waals surface area contributed by atoms with Crippen LogP contribution in [0.2, 0.25) is 0 Å². The molecule has 0 saturated carbocycles. The van der Waals surface area contributed by atoms with Crippen LogP contribution < -0.4 is 5.32 Å². The fourth-order valence-electron chi connectivity index (χ4n) is 0.637. The summed E-state index contributed by atoms with van der Waals surface area (Å²) in [4.78, 5) is 10.8. The van der Waals surface area contributed by atoms with Gasteiger partial charge in [-0.1, -0.05) is 6.92 Å². The molecule has 12 heavy (non-hydrogen) atoms. The van der Waals surface area contributed by atoms with Gasteiger partial charge in [-0.05, 0) is 13.5 Å². The highest BCUT2D eigenvalue weighted by Crippen LogP contribution is 1.79. The molecule has 0 aliphatic heterocycles. The number of carbonyl (C=O) groups excluding carboxylic acids is 1. The summed E-state index contributed by atoms with van der Waals surface area (Å²) in [5, 5.41) is 2.87. The predicted octanol–water partition coefficient (Wildman–Crippen LogP) is 0.176. The predicted molar refractivity (Wildman–Crippen MR) is 46.0 cm³/mol. The van der Waals surface area contributed by atoms with Gasteiger partial charge in [0.15, 0.2) is 0 Å². The third-order valence-corrected chi connectivity index (χ3v) is 1.21. The molecule has 0 aromatic heterocycles. The van der Waals surface area contributed by atoms with Crippen molar-refractivity contribution in [3.63, 3.8) is 0 Å². The van der Waals surface area contributed by atoms with E-state index in [1.807, 2.05) is 13.8 Å². The molecular weight excluding hydrogens is 158 g/mol. The number of carbonyl (C=O) groups is 1. The Hall–Kier alpha value is -0.610. The zero-order valence-electron chi connectivity index (χ0n) is 7.76. The minimum atomic E-state index is -0.225. The topological polar surface area (TPSA) is 47.6 Å². The lowest BCUT2D eigenvalue weighted by molar-refractivity contribution is -0.144. The average molecular weight is 175 g/mol. The minimum absolute atomic E-state index is 0.225. The smallest absolute Gasteiger partial charge is 0.319 e. The Morgan fingerprint density at radius 3 is 2.67 bits per heavy atom. The Labute approximate surface area is 73.2 Å². The highest BCUT2D eigenvalue weighted by atomic mass is 16.6. The molecule has 0 fully saturated rings. The molecule has 0 aliphatic rings. The van der Waals surface area contributed by atoms with Crippen LogP contribution >= 0.6 is 0 Å². The van der Waals surface area contributed by atoms with Crippen molar-refractivity contribution < 1.29 is 14.3 Å². The molecule has 72 valence electrons. The van der Waals surface area contributed by atoms with E-state index in [1.165, 1.54) is 0 Å². The number of esters is 1. The summed E-state index contributed by atoms with van der Waals surface area (Å²) in [6.07, 6.45) is 0. The standard InChI is InChI=1S/C8H17NO3/c1-3-9-7-8(10)12-6-5-11-4-2/h9H,3-7H2,1-2H3. The normalized spacial score (nSPS) is 9.83. The molecule has 1 N–H and O–H groups in total. The van der Waals surface area contributed by atoms with Crippen LogP contribution in [0.4, 0.5) is 0 Å². The molecule has 0 spiro atoms. The quantitative estimate of drug-likeness (QED) is 0.443. The fraction of sp³-hybridized carbons (Fsp3) is 0.875. The molecule has 0 rings (SSSR count). The molecule has 0 radical (unpaired) electrons. The highest BCUT2D eigenvalue weighted by molar-refractivity contribution is 5.71. The van der Waals surface area contributed by atoms with E-state index in [9.17, 15) is 4.79 Å².